The lowest BCUT2D eigenvalue weighted by atomic mass is 9.90. The second-order valence-corrected chi connectivity index (χ2v) is 10.8. The predicted molar refractivity (Wildman–Crippen MR) is 201 cm³/mol. The molecule has 9 aromatic rings. The van der Waals surface area contributed by atoms with Crippen molar-refractivity contribution in [2.75, 3.05) is 0 Å². The van der Waals surface area contributed by atoms with Crippen LogP contribution in [-0.4, -0.2) is 19.5 Å². The maximum Gasteiger partial charge on any atom is 0.166 e. The van der Waals surface area contributed by atoms with Gasteiger partial charge in [0.1, 0.15) is 0 Å². The smallest absolute Gasteiger partial charge is 0.166 e. The molecule has 49 heavy (non-hydrogen) atoms. The molecule has 0 spiro atoms. The van der Waals surface area contributed by atoms with E-state index in [1.54, 1.807) is 60.7 Å². The van der Waals surface area contributed by atoms with Crippen LogP contribution in [0.3, 0.4) is 0 Å². The third kappa shape index (κ3) is 5.07. The molecule has 0 unspecified atom stereocenters. The van der Waals surface area contributed by atoms with Gasteiger partial charge in [-0.1, -0.05) is 163 Å². The Hall–Kier alpha value is -6.65. The van der Waals surface area contributed by atoms with E-state index < -0.39 is 114 Å². The summed E-state index contributed by atoms with van der Waals surface area (Å²) in [5, 5.41) is -0.488. The summed E-state index contributed by atoms with van der Waals surface area (Å²) in [6.07, 6.45) is 0. The lowest BCUT2D eigenvalue weighted by Gasteiger charge is -2.20. The largest absolute Gasteiger partial charge is 0.308 e. The van der Waals surface area contributed by atoms with E-state index in [1.165, 1.54) is 22.8 Å². The van der Waals surface area contributed by atoms with Gasteiger partial charge in [-0.2, -0.15) is 0 Å². The summed E-state index contributed by atoms with van der Waals surface area (Å²) in [5.41, 5.74) is -1.26. The fourth-order valence-corrected chi connectivity index (χ4v) is 5.83. The molecule has 0 saturated heterocycles. The molecule has 2 heterocycles. The highest BCUT2D eigenvalue weighted by Gasteiger charge is 2.23. The Kier molecular flexibility index (Phi) is 3.97. The van der Waals surface area contributed by atoms with Gasteiger partial charge in [-0.3, -0.25) is 0 Å². The van der Waals surface area contributed by atoms with Crippen molar-refractivity contribution in [1.82, 2.24) is 19.5 Å². The highest BCUT2D eigenvalue weighted by molar-refractivity contribution is 6.10. The summed E-state index contributed by atoms with van der Waals surface area (Å²) < 4.78 is 152. The standard InChI is InChI=1S/C45H30N4/c1-4-17-31(18-5-1)34-23-10-11-24-35(34)38-27-16-30-41(49-39-28-14-12-25-36(39)37-26-13-15-29-40(37)49)42(38)45-47-43(32-19-6-2-7-20-32)46-44(48-45)33-21-8-3-9-22-33/h1-30H/i1D,4D,5D,10D,11D,12D,13D,14D,15D,17D,18D,23D,24D,25D,26D,28D,29D. The van der Waals surface area contributed by atoms with Crippen molar-refractivity contribution in [2.24, 2.45) is 0 Å². The second kappa shape index (κ2) is 12.2. The van der Waals surface area contributed by atoms with E-state index >= 15 is 0 Å². The second-order valence-electron chi connectivity index (χ2n) is 10.8. The van der Waals surface area contributed by atoms with Crippen molar-refractivity contribution in [1.29, 1.82) is 0 Å². The van der Waals surface area contributed by atoms with Gasteiger partial charge in [-0.05, 0) is 40.4 Å². The number of hydrogen-bond donors (Lipinski definition) is 0. The molecule has 0 aliphatic carbocycles. The van der Waals surface area contributed by atoms with Crippen LogP contribution in [-0.2, 0) is 0 Å². The van der Waals surface area contributed by atoms with E-state index in [2.05, 4.69) is 0 Å². The van der Waals surface area contributed by atoms with Crippen LogP contribution < -0.4 is 0 Å². The number of rotatable bonds is 6. The zero-order valence-electron chi connectivity index (χ0n) is 42.3. The molecule has 4 nitrogen and oxygen atoms in total. The van der Waals surface area contributed by atoms with Crippen LogP contribution in [0.5, 0.6) is 0 Å². The van der Waals surface area contributed by atoms with Crippen LogP contribution in [0.1, 0.15) is 23.3 Å². The van der Waals surface area contributed by atoms with Crippen molar-refractivity contribution in [2.45, 2.75) is 0 Å². The molecule has 230 valence electrons. The Labute approximate surface area is 308 Å². The van der Waals surface area contributed by atoms with Crippen molar-refractivity contribution >= 4 is 21.8 Å². The van der Waals surface area contributed by atoms with Crippen molar-refractivity contribution in [3.05, 3.63) is 182 Å². The van der Waals surface area contributed by atoms with Crippen LogP contribution >= 0.6 is 0 Å². The Morgan fingerprint density at radius 2 is 0.898 bits per heavy atom. The minimum Gasteiger partial charge on any atom is -0.308 e. The van der Waals surface area contributed by atoms with Crippen LogP contribution in [0.25, 0.3) is 83.9 Å². The van der Waals surface area contributed by atoms with E-state index in [-0.39, 0.29) is 61.7 Å². The van der Waals surface area contributed by atoms with Gasteiger partial charge in [-0.25, -0.2) is 15.0 Å². The van der Waals surface area contributed by atoms with Crippen LogP contribution in [0.15, 0.2) is 182 Å². The average molecular weight is 644 g/mol. The fraction of sp³-hybridized carbons (Fsp3) is 0. The predicted octanol–water partition coefficient (Wildman–Crippen LogP) is 11.3. The summed E-state index contributed by atoms with van der Waals surface area (Å²) in [7, 11) is 0. The van der Waals surface area contributed by atoms with Crippen molar-refractivity contribution in [3.63, 3.8) is 0 Å². The zero-order chi connectivity index (χ0) is 47.4. The van der Waals surface area contributed by atoms with Gasteiger partial charge in [0.2, 0.25) is 0 Å². The number of aromatic nitrogens is 4. The minimum atomic E-state index is -0.782. The van der Waals surface area contributed by atoms with Gasteiger partial charge >= 0.3 is 0 Å². The van der Waals surface area contributed by atoms with Gasteiger partial charge in [-0.15, -0.1) is 0 Å². The van der Waals surface area contributed by atoms with E-state index in [0.29, 0.717) is 11.1 Å². The normalized spacial score (nSPS) is 16.1. The molecular weight excluding hydrogens is 597 g/mol. The zero-order valence-corrected chi connectivity index (χ0v) is 25.3. The number of hydrogen-bond acceptors (Lipinski definition) is 3. The average Bonchev–Trinajstić information content (AvgIpc) is 3.70. The number of para-hydroxylation sites is 2. The SMILES string of the molecule is [2H]c1c([2H])c([2H])c(-c2c([2H])c([2H])c([2H])c([2H])c2-c2cccc(-n3c4c([2H])c([2H])c([2H])c([2H])c4c4c([2H])c([2H])c([2H])c([2H])c43)c2-c2nc(-c3ccccc3)nc(-c3ccccc3)n2)c([2H])c1[2H]. The summed E-state index contributed by atoms with van der Waals surface area (Å²) in [4.78, 5) is 14.7. The molecule has 0 fully saturated rings. The Morgan fingerprint density at radius 3 is 1.51 bits per heavy atom. The van der Waals surface area contributed by atoms with E-state index in [1.807, 2.05) is 0 Å². The van der Waals surface area contributed by atoms with Crippen LogP contribution in [0.4, 0.5) is 0 Å². The molecule has 4 heteroatoms. The number of fused-ring (bicyclic) bond motifs is 3. The molecule has 0 N–H and O–H groups in total. The highest BCUT2D eigenvalue weighted by Crippen LogP contribution is 2.43. The van der Waals surface area contributed by atoms with Gasteiger partial charge < -0.3 is 4.57 Å². The first kappa shape index (κ1) is 16.0. The highest BCUT2D eigenvalue weighted by atomic mass is 15.1. The summed E-state index contributed by atoms with van der Waals surface area (Å²) in [5.74, 6) is 0.0449. The fourth-order valence-electron chi connectivity index (χ4n) is 5.83. The number of benzene rings is 7. The first-order valence-corrected chi connectivity index (χ1v) is 15.1. The van der Waals surface area contributed by atoms with Crippen LogP contribution in [0.2, 0.25) is 0 Å². The summed E-state index contributed by atoms with van der Waals surface area (Å²) in [6.45, 7) is 0. The molecule has 0 aliphatic heterocycles. The molecule has 0 bridgehead atoms. The molecule has 0 saturated carbocycles. The van der Waals surface area contributed by atoms with E-state index in [4.69, 9.17) is 32.8 Å². The van der Waals surface area contributed by atoms with Crippen LogP contribution in [0, 0.1) is 0 Å². The number of nitrogens with zero attached hydrogens (tertiary/aromatic N) is 4. The molecule has 0 radical (unpaired) electrons. The van der Waals surface area contributed by atoms with Crippen molar-refractivity contribution < 1.29 is 23.3 Å². The first-order chi connectivity index (χ1) is 31.4. The monoisotopic (exact) mass is 643 g/mol. The molecule has 0 aliphatic rings. The summed E-state index contributed by atoms with van der Waals surface area (Å²) in [6, 6.07) is 9.88. The summed E-state index contributed by atoms with van der Waals surface area (Å²) >= 11 is 0. The van der Waals surface area contributed by atoms with E-state index in [9.17, 15) is 5.48 Å². The first-order valence-electron chi connectivity index (χ1n) is 23.6. The molecular formula is C45H30N4. The third-order valence-corrected chi connectivity index (χ3v) is 7.95. The Balaban J connectivity index is 1.58. The Morgan fingerprint density at radius 1 is 0.388 bits per heavy atom. The molecule has 9 rings (SSSR count). The van der Waals surface area contributed by atoms with Gasteiger partial charge in [0.05, 0.1) is 45.6 Å². The minimum absolute atomic E-state index is 0.0915. The maximum absolute atomic E-state index is 9.49. The van der Waals surface area contributed by atoms with Crippen molar-refractivity contribution in [3.8, 4) is 62.1 Å². The van der Waals surface area contributed by atoms with Gasteiger partial charge in [0.15, 0.2) is 17.5 Å². The van der Waals surface area contributed by atoms with Gasteiger partial charge in [0, 0.05) is 21.9 Å². The Bertz CT molecular complexity index is 3400. The topological polar surface area (TPSA) is 43.6 Å². The van der Waals surface area contributed by atoms with E-state index in [0.717, 1.165) is 0 Å². The van der Waals surface area contributed by atoms with Gasteiger partial charge in [0.25, 0.3) is 0 Å². The lowest BCUT2D eigenvalue weighted by molar-refractivity contribution is 1.06. The molecule has 2 aromatic heterocycles. The molecule has 0 amide bonds. The maximum atomic E-state index is 9.49. The third-order valence-electron chi connectivity index (χ3n) is 7.95. The lowest BCUT2D eigenvalue weighted by Crippen LogP contribution is -2.05. The molecule has 7 aromatic carbocycles. The molecule has 0 atom stereocenters. The quantitative estimate of drug-likeness (QED) is 0.181.